The zero-order chi connectivity index (χ0) is 13.1. The van der Waals surface area contributed by atoms with Crippen LogP contribution in [-0.4, -0.2) is 16.6 Å². The Morgan fingerprint density at radius 1 is 1.53 bits per heavy atom. The number of benzene rings is 1. The summed E-state index contributed by atoms with van der Waals surface area (Å²) in [7, 11) is 0. The summed E-state index contributed by atoms with van der Waals surface area (Å²) in [6.45, 7) is 5.97. The summed E-state index contributed by atoms with van der Waals surface area (Å²) in [6, 6.07) is 5.03. The zero-order valence-electron chi connectivity index (χ0n) is 10.2. The molecular formula is C12H17ClN2O2. The molecule has 94 valence electrons. The molecule has 0 atom stereocenters. The van der Waals surface area contributed by atoms with Crippen LogP contribution < -0.4 is 10.5 Å². The molecule has 1 rings (SSSR count). The van der Waals surface area contributed by atoms with Gasteiger partial charge < -0.3 is 15.7 Å². The van der Waals surface area contributed by atoms with Crippen LogP contribution in [0.2, 0.25) is 5.02 Å². The van der Waals surface area contributed by atoms with Crippen molar-refractivity contribution in [1.29, 1.82) is 0 Å². The number of ether oxygens (including phenoxy) is 1. The van der Waals surface area contributed by atoms with E-state index >= 15 is 0 Å². The molecule has 0 amide bonds. The van der Waals surface area contributed by atoms with E-state index in [1.807, 2.05) is 20.8 Å². The van der Waals surface area contributed by atoms with Gasteiger partial charge in [0.2, 0.25) is 0 Å². The van der Waals surface area contributed by atoms with Crippen molar-refractivity contribution in [3.63, 3.8) is 0 Å². The second-order valence-corrected chi connectivity index (χ2v) is 4.78. The quantitative estimate of drug-likeness (QED) is 0.377. The van der Waals surface area contributed by atoms with Gasteiger partial charge in [0.1, 0.15) is 11.4 Å². The minimum absolute atomic E-state index is 0.0191. The molecule has 1 aromatic rings. The smallest absolute Gasteiger partial charge is 0.173 e. The fourth-order valence-electron chi connectivity index (χ4n) is 1.22. The first-order valence-electron chi connectivity index (χ1n) is 5.36. The van der Waals surface area contributed by atoms with Gasteiger partial charge in [-0.3, -0.25) is 0 Å². The molecule has 17 heavy (non-hydrogen) atoms. The summed E-state index contributed by atoms with van der Waals surface area (Å²) >= 11 is 5.88. The Labute approximate surface area is 106 Å². The average molecular weight is 257 g/mol. The Hall–Kier alpha value is -1.42. The fraction of sp³-hybridized carbons (Fsp3) is 0.417. The minimum atomic E-state index is -0.321. The maximum absolute atomic E-state index is 8.72. The van der Waals surface area contributed by atoms with Gasteiger partial charge in [-0.25, -0.2) is 0 Å². The van der Waals surface area contributed by atoms with Crippen LogP contribution in [0.3, 0.4) is 0 Å². The van der Waals surface area contributed by atoms with Crippen molar-refractivity contribution >= 4 is 17.4 Å². The summed E-state index contributed by atoms with van der Waals surface area (Å²) in [5.74, 6) is 0.533. The van der Waals surface area contributed by atoms with E-state index in [1.54, 1.807) is 18.2 Å². The molecule has 0 fully saturated rings. The number of hydrogen-bond acceptors (Lipinski definition) is 3. The van der Waals surface area contributed by atoms with E-state index in [2.05, 4.69) is 5.16 Å². The van der Waals surface area contributed by atoms with Crippen molar-refractivity contribution in [3.05, 3.63) is 28.8 Å². The van der Waals surface area contributed by atoms with Crippen LogP contribution in [0, 0.1) is 0 Å². The molecule has 0 aliphatic carbocycles. The first-order chi connectivity index (χ1) is 7.89. The number of amidine groups is 1. The largest absolute Gasteiger partial charge is 0.487 e. The normalized spacial score (nSPS) is 12.6. The second kappa shape index (κ2) is 5.27. The van der Waals surface area contributed by atoms with Crippen molar-refractivity contribution in [1.82, 2.24) is 0 Å². The van der Waals surface area contributed by atoms with E-state index in [-0.39, 0.29) is 11.4 Å². The van der Waals surface area contributed by atoms with Gasteiger partial charge in [-0.05, 0) is 38.5 Å². The third-order valence-corrected chi connectivity index (χ3v) is 2.80. The summed E-state index contributed by atoms with van der Waals surface area (Å²) in [4.78, 5) is 0. The predicted octanol–water partition coefficient (Wildman–Crippen LogP) is 3.00. The summed E-state index contributed by atoms with van der Waals surface area (Å²) in [5, 5.41) is 12.2. The van der Waals surface area contributed by atoms with Crippen LogP contribution in [0.15, 0.2) is 23.4 Å². The van der Waals surface area contributed by atoms with Gasteiger partial charge in [0.25, 0.3) is 0 Å². The van der Waals surface area contributed by atoms with Crippen molar-refractivity contribution in [2.24, 2.45) is 10.9 Å². The SMILES string of the molecule is CCC(C)(C)Oc1ccc(Cl)cc1C(N)=NO. The number of nitrogens with zero attached hydrogens (tertiary/aromatic N) is 1. The van der Waals surface area contributed by atoms with Gasteiger partial charge in [-0.2, -0.15) is 0 Å². The average Bonchev–Trinajstić information content (AvgIpc) is 2.30. The lowest BCUT2D eigenvalue weighted by molar-refractivity contribution is 0.105. The highest BCUT2D eigenvalue weighted by Gasteiger charge is 2.20. The van der Waals surface area contributed by atoms with E-state index in [9.17, 15) is 0 Å². The van der Waals surface area contributed by atoms with Crippen LogP contribution in [0.4, 0.5) is 0 Å². The van der Waals surface area contributed by atoms with E-state index in [0.29, 0.717) is 16.3 Å². The van der Waals surface area contributed by atoms with Crippen molar-refractivity contribution in [2.45, 2.75) is 32.8 Å². The third-order valence-electron chi connectivity index (χ3n) is 2.56. The lowest BCUT2D eigenvalue weighted by Gasteiger charge is -2.26. The predicted molar refractivity (Wildman–Crippen MR) is 69.0 cm³/mol. The van der Waals surface area contributed by atoms with Gasteiger partial charge >= 0.3 is 0 Å². The molecule has 0 aliphatic rings. The van der Waals surface area contributed by atoms with E-state index in [4.69, 9.17) is 27.3 Å². The minimum Gasteiger partial charge on any atom is -0.487 e. The standard InChI is InChI=1S/C12H17ClN2O2/c1-4-12(2,3)17-10-6-5-8(13)7-9(10)11(14)15-16/h5-7,16H,4H2,1-3H3,(H2,14,15). The Morgan fingerprint density at radius 3 is 2.71 bits per heavy atom. The van der Waals surface area contributed by atoms with Crippen molar-refractivity contribution < 1.29 is 9.94 Å². The molecule has 3 N–H and O–H groups in total. The molecule has 0 aliphatic heterocycles. The number of hydrogen-bond donors (Lipinski definition) is 2. The molecule has 5 heteroatoms. The monoisotopic (exact) mass is 256 g/mol. The summed E-state index contributed by atoms with van der Waals surface area (Å²) in [6.07, 6.45) is 0.839. The maximum Gasteiger partial charge on any atom is 0.173 e. The van der Waals surface area contributed by atoms with Crippen LogP contribution in [0.25, 0.3) is 0 Å². The molecule has 0 bridgehead atoms. The molecule has 0 aromatic heterocycles. The van der Waals surface area contributed by atoms with E-state index in [0.717, 1.165) is 6.42 Å². The third kappa shape index (κ3) is 3.53. The van der Waals surface area contributed by atoms with Gasteiger partial charge in [0.15, 0.2) is 5.84 Å². The van der Waals surface area contributed by atoms with Crippen molar-refractivity contribution in [3.8, 4) is 5.75 Å². The summed E-state index contributed by atoms with van der Waals surface area (Å²) < 4.78 is 5.83. The van der Waals surface area contributed by atoms with Crippen LogP contribution in [-0.2, 0) is 0 Å². The molecule has 0 radical (unpaired) electrons. The van der Waals surface area contributed by atoms with Gasteiger partial charge in [0.05, 0.1) is 5.56 Å². The molecule has 0 spiro atoms. The first-order valence-corrected chi connectivity index (χ1v) is 5.74. The van der Waals surface area contributed by atoms with Gasteiger partial charge in [-0.1, -0.05) is 23.7 Å². The highest BCUT2D eigenvalue weighted by atomic mass is 35.5. The van der Waals surface area contributed by atoms with E-state index in [1.165, 1.54) is 0 Å². The highest BCUT2D eigenvalue weighted by Crippen LogP contribution is 2.27. The first kappa shape index (κ1) is 13.6. The Morgan fingerprint density at radius 2 is 2.18 bits per heavy atom. The van der Waals surface area contributed by atoms with Crippen LogP contribution in [0.1, 0.15) is 32.8 Å². The van der Waals surface area contributed by atoms with Gasteiger partial charge in [0, 0.05) is 5.02 Å². The fourth-order valence-corrected chi connectivity index (χ4v) is 1.39. The maximum atomic E-state index is 8.72. The molecule has 1 aromatic carbocycles. The van der Waals surface area contributed by atoms with E-state index < -0.39 is 0 Å². The topological polar surface area (TPSA) is 67.8 Å². The Kier molecular flexibility index (Phi) is 4.23. The lowest BCUT2D eigenvalue weighted by atomic mass is 10.1. The molecule has 0 saturated heterocycles. The molecule has 0 unspecified atom stereocenters. The van der Waals surface area contributed by atoms with Gasteiger partial charge in [-0.15, -0.1) is 0 Å². The van der Waals surface area contributed by atoms with Crippen molar-refractivity contribution in [2.75, 3.05) is 0 Å². The summed E-state index contributed by atoms with van der Waals surface area (Å²) in [5.41, 5.74) is 5.75. The zero-order valence-corrected chi connectivity index (χ0v) is 11.0. The molecule has 4 nitrogen and oxygen atoms in total. The van der Waals surface area contributed by atoms with Crippen LogP contribution in [0.5, 0.6) is 5.75 Å². The number of halogens is 1. The molecule has 0 heterocycles. The Bertz CT molecular complexity index is 431. The Balaban J connectivity index is 3.15. The lowest BCUT2D eigenvalue weighted by Crippen LogP contribution is -2.28. The second-order valence-electron chi connectivity index (χ2n) is 4.34. The number of nitrogens with two attached hydrogens (primary N) is 1. The molecule has 0 saturated carbocycles. The van der Waals surface area contributed by atoms with Crippen LogP contribution >= 0.6 is 11.6 Å². The number of rotatable bonds is 4. The highest BCUT2D eigenvalue weighted by molar-refractivity contribution is 6.31. The molecular weight excluding hydrogens is 240 g/mol. The number of oxime groups is 1.